The largest absolute Gasteiger partial charge is 0.349 e. The van der Waals surface area contributed by atoms with Crippen molar-refractivity contribution in [1.29, 1.82) is 0 Å². The molecule has 0 bridgehead atoms. The van der Waals surface area contributed by atoms with Gasteiger partial charge in [0.15, 0.2) is 11.8 Å². The highest BCUT2D eigenvalue weighted by atomic mass is 16.5. The van der Waals surface area contributed by atoms with E-state index in [1.165, 1.54) is 0 Å². The summed E-state index contributed by atoms with van der Waals surface area (Å²) in [5.41, 5.74) is 0. The molecular weight excluding hydrogens is 218 g/mol. The fourth-order valence-corrected chi connectivity index (χ4v) is 1.47. The van der Waals surface area contributed by atoms with Crippen LogP contribution in [0.5, 0.6) is 0 Å². The molecule has 0 amide bonds. The van der Waals surface area contributed by atoms with Crippen LogP contribution in [0, 0.1) is 0 Å². The quantitative estimate of drug-likeness (QED) is 0.570. The van der Waals surface area contributed by atoms with Gasteiger partial charge in [-0.15, -0.1) is 0 Å². The summed E-state index contributed by atoms with van der Waals surface area (Å²) < 4.78 is 5.04. The van der Waals surface area contributed by atoms with Gasteiger partial charge in [-0.3, -0.25) is 4.99 Å². The van der Waals surface area contributed by atoms with Gasteiger partial charge in [0.25, 0.3) is 0 Å². The van der Waals surface area contributed by atoms with Gasteiger partial charge in [-0.25, -0.2) is 0 Å². The summed E-state index contributed by atoms with van der Waals surface area (Å²) in [6.45, 7) is 2.65. The summed E-state index contributed by atoms with van der Waals surface area (Å²) in [7, 11) is 7.90. The second-order valence-corrected chi connectivity index (χ2v) is 4.18. The Labute approximate surface area is 102 Å². The smallest absolute Gasteiger partial charge is 0.226 e. The molecule has 1 heterocycles. The van der Waals surface area contributed by atoms with E-state index in [-0.39, 0.29) is 0 Å². The lowest BCUT2D eigenvalue weighted by molar-refractivity contribution is 0.376. The molecule has 0 atom stereocenters. The van der Waals surface area contributed by atoms with E-state index in [4.69, 9.17) is 4.52 Å². The first kappa shape index (κ1) is 13.5. The molecule has 1 rings (SSSR count). The molecule has 1 aromatic heterocycles. The SMILES string of the molecule is CCc1nc(CCN=C(N(C)C)N(C)C)no1. The van der Waals surface area contributed by atoms with Crippen molar-refractivity contribution >= 4 is 5.96 Å². The lowest BCUT2D eigenvalue weighted by atomic mass is 10.4. The van der Waals surface area contributed by atoms with Crippen LogP contribution in [0.3, 0.4) is 0 Å². The topological polar surface area (TPSA) is 57.8 Å². The van der Waals surface area contributed by atoms with Crippen molar-refractivity contribution in [2.45, 2.75) is 19.8 Å². The van der Waals surface area contributed by atoms with Crippen molar-refractivity contribution in [2.24, 2.45) is 4.99 Å². The van der Waals surface area contributed by atoms with Gasteiger partial charge >= 0.3 is 0 Å². The van der Waals surface area contributed by atoms with E-state index in [1.54, 1.807) is 0 Å². The highest BCUT2D eigenvalue weighted by molar-refractivity contribution is 5.79. The van der Waals surface area contributed by atoms with Crippen LogP contribution in [-0.4, -0.2) is 60.6 Å². The Morgan fingerprint density at radius 1 is 1.24 bits per heavy atom. The van der Waals surface area contributed by atoms with Crippen LogP contribution in [0.4, 0.5) is 0 Å². The van der Waals surface area contributed by atoms with Gasteiger partial charge in [-0.1, -0.05) is 12.1 Å². The fraction of sp³-hybridized carbons (Fsp3) is 0.727. The zero-order valence-electron chi connectivity index (χ0n) is 11.3. The number of rotatable bonds is 4. The molecule has 6 nitrogen and oxygen atoms in total. The summed E-state index contributed by atoms with van der Waals surface area (Å²) in [6, 6.07) is 0. The lowest BCUT2D eigenvalue weighted by Crippen LogP contribution is -2.35. The fourth-order valence-electron chi connectivity index (χ4n) is 1.47. The zero-order valence-corrected chi connectivity index (χ0v) is 11.3. The molecule has 0 aliphatic rings. The second kappa shape index (κ2) is 6.22. The van der Waals surface area contributed by atoms with E-state index in [0.717, 1.165) is 18.2 Å². The minimum atomic E-state index is 0.661. The summed E-state index contributed by atoms with van der Waals surface area (Å²) in [4.78, 5) is 12.7. The average Bonchev–Trinajstić information content (AvgIpc) is 2.71. The third-order valence-electron chi connectivity index (χ3n) is 2.20. The standard InChI is InChI=1S/C11H21N5O/c1-6-10-13-9(14-17-10)7-8-12-11(15(2)3)16(4)5/h6-8H2,1-5H3. The van der Waals surface area contributed by atoms with Crippen molar-refractivity contribution in [3.8, 4) is 0 Å². The molecular formula is C11H21N5O. The third-order valence-corrected chi connectivity index (χ3v) is 2.20. The minimum Gasteiger partial charge on any atom is -0.349 e. The maximum absolute atomic E-state index is 5.04. The number of nitrogens with zero attached hydrogens (tertiary/aromatic N) is 5. The van der Waals surface area contributed by atoms with E-state index in [1.807, 2.05) is 44.9 Å². The Hall–Kier alpha value is -1.59. The summed E-state index contributed by atoms with van der Waals surface area (Å²) >= 11 is 0. The number of hydrogen-bond acceptors (Lipinski definition) is 4. The molecule has 1 aromatic rings. The molecule has 0 aliphatic heterocycles. The van der Waals surface area contributed by atoms with Gasteiger partial charge in [0.1, 0.15) is 0 Å². The lowest BCUT2D eigenvalue weighted by Gasteiger charge is -2.22. The number of aliphatic imine (C=N–C) groups is 1. The summed E-state index contributed by atoms with van der Waals surface area (Å²) in [6.07, 6.45) is 1.48. The summed E-state index contributed by atoms with van der Waals surface area (Å²) in [5, 5.41) is 3.89. The van der Waals surface area contributed by atoms with E-state index in [9.17, 15) is 0 Å². The second-order valence-electron chi connectivity index (χ2n) is 4.18. The number of guanidine groups is 1. The average molecular weight is 239 g/mol. The van der Waals surface area contributed by atoms with Crippen molar-refractivity contribution in [3.05, 3.63) is 11.7 Å². The molecule has 17 heavy (non-hydrogen) atoms. The molecule has 0 aliphatic carbocycles. The molecule has 0 saturated carbocycles. The van der Waals surface area contributed by atoms with Gasteiger partial charge < -0.3 is 14.3 Å². The third kappa shape index (κ3) is 4.05. The maximum atomic E-state index is 5.04. The van der Waals surface area contributed by atoms with E-state index in [0.29, 0.717) is 18.9 Å². The van der Waals surface area contributed by atoms with E-state index >= 15 is 0 Å². The number of aromatic nitrogens is 2. The van der Waals surface area contributed by atoms with Crippen LogP contribution in [0.15, 0.2) is 9.52 Å². The molecule has 0 N–H and O–H groups in total. The Morgan fingerprint density at radius 2 is 1.88 bits per heavy atom. The minimum absolute atomic E-state index is 0.661. The number of aryl methyl sites for hydroxylation is 1. The molecule has 0 radical (unpaired) electrons. The highest BCUT2D eigenvalue weighted by Crippen LogP contribution is 1.99. The van der Waals surface area contributed by atoms with Crippen molar-refractivity contribution in [1.82, 2.24) is 19.9 Å². The van der Waals surface area contributed by atoms with Crippen LogP contribution >= 0.6 is 0 Å². The molecule has 0 fully saturated rings. The predicted octanol–water partition coefficient (Wildman–Crippen LogP) is 0.654. The van der Waals surface area contributed by atoms with Gasteiger partial charge in [0.2, 0.25) is 5.89 Å². The van der Waals surface area contributed by atoms with E-state index in [2.05, 4.69) is 15.1 Å². The molecule has 0 saturated heterocycles. The van der Waals surface area contributed by atoms with Crippen LogP contribution in [0.2, 0.25) is 0 Å². The Balaban J connectivity index is 2.52. The van der Waals surface area contributed by atoms with Crippen LogP contribution in [0.1, 0.15) is 18.6 Å². The van der Waals surface area contributed by atoms with Crippen molar-refractivity contribution in [3.63, 3.8) is 0 Å². The predicted molar refractivity (Wildman–Crippen MR) is 67.1 cm³/mol. The molecule has 6 heteroatoms. The van der Waals surface area contributed by atoms with Gasteiger partial charge in [-0.05, 0) is 0 Å². The van der Waals surface area contributed by atoms with Gasteiger partial charge in [0, 0.05) is 47.6 Å². The Bertz CT molecular complexity index is 360. The zero-order chi connectivity index (χ0) is 12.8. The molecule has 96 valence electrons. The first-order valence-electron chi connectivity index (χ1n) is 5.75. The number of hydrogen-bond donors (Lipinski definition) is 0. The highest BCUT2D eigenvalue weighted by Gasteiger charge is 2.06. The van der Waals surface area contributed by atoms with Gasteiger partial charge in [-0.2, -0.15) is 4.98 Å². The van der Waals surface area contributed by atoms with Crippen LogP contribution < -0.4 is 0 Å². The van der Waals surface area contributed by atoms with Crippen LogP contribution in [-0.2, 0) is 12.8 Å². The first-order chi connectivity index (χ1) is 8.04. The maximum Gasteiger partial charge on any atom is 0.226 e. The molecule has 0 aromatic carbocycles. The van der Waals surface area contributed by atoms with Crippen LogP contribution in [0.25, 0.3) is 0 Å². The van der Waals surface area contributed by atoms with Crippen molar-refractivity contribution in [2.75, 3.05) is 34.7 Å². The normalized spacial score (nSPS) is 10.2. The van der Waals surface area contributed by atoms with Crippen molar-refractivity contribution < 1.29 is 4.52 Å². The molecule has 0 spiro atoms. The Morgan fingerprint density at radius 3 is 2.35 bits per heavy atom. The van der Waals surface area contributed by atoms with E-state index < -0.39 is 0 Å². The Kier molecular flexibility index (Phi) is 4.93. The van der Waals surface area contributed by atoms with Gasteiger partial charge in [0.05, 0.1) is 0 Å². The first-order valence-corrected chi connectivity index (χ1v) is 5.75. The monoisotopic (exact) mass is 239 g/mol. The summed E-state index contributed by atoms with van der Waals surface area (Å²) in [5.74, 6) is 2.34. The molecule has 0 unspecified atom stereocenters.